The minimum atomic E-state index is 0.250. The number of hydrogen-bond donors (Lipinski definition) is 1. The lowest BCUT2D eigenvalue weighted by atomic mass is 9.82. The first-order chi connectivity index (χ1) is 7.10. The largest absolute Gasteiger partial charge is 0.320 e. The van der Waals surface area contributed by atoms with Crippen LogP contribution in [0.25, 0.3) is 0 Å². The van der Waals surface area contributed by atoms with Crippen LogP contribution in [0.3, 0.4) is 0 Å². The van der Waals surface area contributed by atoms with Gasteiger partial charge in [0, 0.05) is 5.56 Å². The molecule has 0 aromatic heterocycles. The zero-order valence-electron chi connectivity index (χ0n) is 9.80. The second-order valence-electron chi connectivity index (χ2n) is 4.32. The highest BCUT2D eigenvalue weighted by Gasteiger charge is 2.16. The zero-order valence-corrected chi connectivity index (χ0v) is 9.80. The van der Waals surface area contributed by atoms with Crippen LogP contribution < -0.4 is 5.73 Å². The van der Waals surface area contributed by atoms with Gasteiger partial charge in [-0.1, -0.05) is 44.7 Å². The first-order valence-corrected chi connectivity index (χ1v) is 5.39. The van der Waals surface area contributed by atoms with Gasteiger partial charge >= 0.3 is 0 Å². The van der Waals surface area contributed by atoms with Crippen molar-refractivity contribution in [1.29, 1.82) is 0 Å². The smallest absolute Gasteiger partial charge is 0.0555 e. The highest BCUT2D eigenvalue weighted by Crippen LogP contribution is 2.26. The predicted molar refractivity (Wildman–Crippen MR) is 65.7 cm³/mol. The van der Waals surface area contributed by atoms with Gasteiger partial charge in [-0.25, -0.2) is 0 Å². The van der Waals surface area contributed by atoms with E-state index in [1.54, 1.807) is 0 Å². The Balaban J connectivity index is 2.90. The molecule has 0 saturated heterocycles. The fourth-order valence-electron chi connectivity index (χ4n) is 1.36. The topological polar surface area (TPSA) is 26.0 Å². The van der Waals surface area contributed by atoms with Gasteiger partial charge in [-0.3, -0.25) is 0 Å². The summed E-state index contributed by atoms with van der Waals surface area (Å²) in [6.45, 7) is 7.14. The Morgan fingerprint density at radius 2 is 1.80 bits per heavy atom. The Bertz CT molecular complexity index is 363. The second-order valence-corrected chi connectivity index (χ2v) is 4.32. The Labute approximate surface area is 92.7 Å². The SMILES string of the molecule is CCC(C)(C)c1ccc(C#CCN)cc1. The molecular weight excluding hydrogens is 182 g/mol. The summed E-state index contributed by atoms with van der Waals surface area (Å²) >= 11 is 0. The maximum Gasteiger partial charge on any atom is 0.0555 e. The van der Waals surface area contributed by atoms with Crippen molar-refractivity contribution in [2.45, 2.75) is 32.6 Å². The van der Waals surface area contributed by atoms with E-state index in [0.29, 0.717) is 6.54 Å². The minimum Gasteiger partial charge on any atom is -0.320 e. The fraction of sp³-hybridized carbons (Fsp3) is 0.429. The van der Waals surface area contributed by atoms with Crippen molar-refractivity contribution in [3.05, 3.63) is 35.4 Å². The molecular formula is C14H19N. The number of benzene rings is 1. The molecule has 80 valence electrons. The Kier molecular flexibility index (Phi) is 3.94. The standard InChI is InChI=1S/C14H19N/c1-4-14(2,3)13-9-7-12(8-10-13)6-5-11-15/h7-10H,4,11,15H2,1-3H3. The lowest BCUT2D eigenvalue weighted by Gasteiger charge is -2.23. The van der Waals surface area contributed by atoms with Crippen LogP contribution in [0.15, 0.2) is 24.3 Å². The van der Waals surface area contributed by atoms with Crippen LogP contribution >= 0.6 is 0 Å². The molecule has 1 nitrogen and oxygen atoms in total. The molecule has 0 heterocycles. The number of nitrogens with two attached hydrogens (primary N) is 1. The highest BCUT2D eigenvalue weighted by molar-refractivity contribution is 5.38. The molecule has 0 atom stereocenters. The van der Waals surface area contributed by atoms with Crippen LogP contribution in [-0.4, -0.2) is 6.54 Å². The van der Waals surface area contributed by atoms with Gasteiger partial charge in [0.05, 0.1) is 6.54 Å². The molecule has 0 amide bonds. The molecule has 1 heteroatoms. The van der Waals surface area contributed by atoms with E-state index in [9.17, 15) is 0 Å². The average molecular weight is 201 g/mol. The van der Waals surface area contributed by atoms with E-state index in [-0.39, 0.29) is 5.41 Å². The molecule has 0 fully saturated rings. The summed E-state index contributed by atoms with van der Waals surface area (Å²) in [4.78, 5) is 0. The van der Waals surface area contributed by atoms with Crippen LogP contribution in [0.2, 0.25) is 0 Å². The molecule has 0 saturated carbocycles. The normalized spacial score (nSPS) is 10.7. The van der Waals surface area contributed by atoms with Gasteiger partial charge in [-0.05, 0) is 29.5 Å². The number of rotatable bonds is 2. The molecule has 1 rings (SSSR count). The molecule has 15 heavy (non-hydrogen) atoms. The molecule has 0 aliphatic heterocycles. The maximum atomic E-state index is 5.32. The minimum absolute atomic E-state index is 0.250. The third-order valence-electron chi connectivity index (χ3n) is 2.89. The summed E-state index contributed by atoms with van der Waals surface area (Å²) in [5.41, 5.74) is 7.98. The third-order valence-corrected chi connectivity index (χ3v) is 2.89. The maximum absolute atomic E-state index is 5.32. The molecule has 0 radical (unpaired) electrons. The average Bonchev–Trinajstić information content (AvgIpc) is 2.27. The van der Waals surface area contributed by atoms with Crippen LogP contribution in [0, 0.1) is 11.8 Å². The summed E-state index contributed by atoms with van der Waals surface area (Å²) in [6, 6.07) is 8.44. The van der Waals surface area contributed by atoms with E-state index >= 15 is 0 Å². The van der Waals surface area contributed by atoms with Crippen molar-refractivity contribution in [2.24, 2.45) is 5.73 Å². The van der Waals surface area contributed by atoms with Gasteiger partial charge in [0.25, 0.3) is 0 Å². The van der Waals surface area contributed by atoms with E-state index in [0.717, 1.165) is 12.0 Å². The van der Waals surface area contributed by atoms with E-state index in [2.05, 4.69) is 56.9 Å². The van der Waals surface area contributed by atoms with Crippen molar-refractivity contribution < 1.29 is 0 Å². The molecule has 0 unspecified atom stereocenters. The van der Waals surface area contributed by atoms with Crippen molar-refractivity contribution >= 4 is 0 Å². The number of hydrogen-bond acceptors (Lipinski definition) is 1. The van der Waals surface area contributed by atoms with Crippen LogP contribution in [0.5, 0.6) is 0 Å². The first-order valence-electron chi connectivity index (χ1n) is 5.39. The molecule has 1 aromatic rings. The van der Waals surface area contributed by atoms with Crippen molar-refractivity contribution in [3.8, 4) is 11.8 Å². The lowest BCUT2D eigenvalue weighted by Crippen LogP contribution is -2.14. The fourth-order valence-corrected chi connectivity index (χ4v) is 1.36. The third kappa shape index (κ3) is 3.11. The first kappa shape index (κ1) is 11.8. The van der Waals surface area contributed by atoms with Crippen LogP contribution in [-0.2, 0) is 5.41 Å². The molecule has 0 spiro atoms. The summed E-state index contributed by atoms with van der Waals surface area (Å²) in [5.74, 6) is 5.88. The predicted octanol–water partition coefficient (Wildman–Crippen LogP) is 2.68. The van der Waals surface area contributed by atoms with E-state index in [1.165, 1.54) is 5.56 Å². The Hall–Kier alpha value is -1.26. The van der Waals surface area contributed by atoms with Crippen LogP contribution in [0.4, 0.5) is 0 Å². The summed E-state index contributed by atoms with van der Waals surface area (Å²) in [7, 11) is 0. The molecule has 0 bridgehead atoms. The second kappa shape index (κ2) is 5.00. The van der Waals surface area contributed by atoms with Gasteiger partial charge in [-0.2, -0.15) is 0 Å². The van der Waals surface area contributed by atoms with Gasteiger partial charge in [0.1, 0.15) is 0 Å². The Morgan fingerprint density at radius 1 is 1.20 bits per heavy atom. The van der Waals surface area contributed by atoms with Gasteiger partial charge in [0.2, 0.25) is 0 Å². The quantitative estimate of drug-likeness (QED) is 0.731. The van der Waals surface area contributed by atoms with Gasteiger partial charge < -0.3 is 5.73 Å². The van der Waals surface area contributed by atoms with Crippen molar-refractivity contribution in [3.63, 3.8) is 0 Å². The molecule has 1 aromatic carbocycles. The van der Waals surface area contributed by atoms with Crippen molar-refractivity contribution in [2.75, 3.05) is 6.54 Å². The van der Waals surface area contributed by atoms with Crippen LogP contribution in [0.1, 0.15) is 38.3 Å². The molecule has 2 N–H and O–H groups in total. The monoisotopic (exact) mass is 201 g/mol. The Morgan fingerprint density at radius 3 is 2.27 bits per heavy atom. The summed E-state index contributed by atoms with van der Waals surface area (Å²) in [6.07, 6.45) is 1.14. The molecule has 0 aliphatic rings. The summed E-state index contributed by atoms with van der Waals surface area (Å²) < 4.78 is 0. The van der Waals surface area contributed by atoms with Crippen molar-refractivity contribution in [1.82, 2.24) is 0 Å². The van der Waals surface area contributed by atoms with Gasteiger partial charge in [-0.15, -0.1) is 0 Å². The van der Waals surface area contributed by atoms with E-state index < -0.39 is 0 Å². The summed E-state index contributed by atoms with van der Waals surface area (Å²) in [5, 5.41) is 0. The van der Waals surface area contributed by atoms with E-state index in [4.69, 9.17) is 5.73 Å². The lowest BCUT2D eigenvalue weighted by molar-refractivity contribution is 0.506. The van der Waals surface area contributed by atoms with E-state index in [1.807, 2.05) is 0 Å². The molecule has 0 aliphatic carbocycles. The zero-order chi connectivity index (χ0) is 11.3. The van der Waals surface area contributed by atoms with Gasteiger partial charge in [0.15, 0.2) is 0 Å². The highest BCUT2D eigenvalue weighted by atomic mass is 14.5.